The molecule has 0 aromatic carbocycles. The van der Waals surface area contributed by atoms with Crippen LogP contribution >= 0.6 is 0 Å². The van der Waals surface area contributed by atoms with Crippen molar-refractivity contribution >= 4 is 27.3 Å². The van der Waals surface area contributed by atoms with Crippen LogP contribution in [0.15, 0.2) is 12.4 Å². The first-order chi connectivity index (χ1) is 7.44. The number of nitrogens with zero attached hydrogens (tertiary/aromatic N) is 2. The summed E-state index contributed by atoms with van der Waals surface area (Å²) in [6, 6.07) is 0. The quantitative estimate of drug-likeness (QED) is 0.621. The van der Waals surface area contributed by atoms with Gasteiger partial charge in [0.25, 0.3) is 0 Å². The Bertz CT molecular complexity index is 226. The van der Waals surface area contributed by atoms with E-state index in [-0.39, 0.29) is 11.1 Å². The summed E-state index contributed by atoms with van der Waals surface area (Å²) >= 11 is -0.543. The molecule has 0 unspecified atom stereocenters. The van der Waals surface area contributed by atoms with E-state index in [1.165, 1.54) is 0 Å². The Hall–Kier alpha value is 0.204. The topological polar surface area (TPSA) is 6.48 Å². The fraction of sp³-hybridized carbons (Fsp3) is 0.846. The summed E-state index contributed by atoms with van der Waals surface area (Å²) in [4.78, 5) is 11.6. The first kappa shape index (κ1) is 17.2. The second-order valence-corrected chi connectivity index (χ2v) is 15.6. The van der Waals surface area contributed by atoms with E-state index < -0.39 is 19.8 Å². The molecule has 1 heterocycles. The molecule has 0 aromatic heterocycles. The zero-order chi connectivity index (χ0) is 13.9. The molecule has 0 atom stereocenters. The number of hydrogen-bond acceptors (Lipinski definition) is 2. The third-order valence-corrected chi connectivity index (χ3v) is 2.19. The van der Waals surface area contributed by atoms with Gasteiger partial charge in [-0.05, 0) is 41.5 Å². The van der Waals surface area contributed by atoms with Crippen molar-refractivity contribution < 1.29 is 0 Å². The van der Waals surface area contributed by atoms with Gasteiger partial charge in [0, 0.05) is 23.5 Å². The van der Waals surface area contributed by atoms with Crippen LogP contribution in [0.25, 0.3) is 0 Å². The summed E-state index contributed by atoms with van der Waals surface area (Å²) in [6.07, 6.45) is 4.26. The van der Waals surface area contributed by atoms with Crippen molar-refractivity contribution in [3.8, 4) is 0 Å². The van der Waals surface area contributed by atoms with E-state index in [2.05, 4.69) is 85.9 Å². The summed E-state index contributed by atoms with van der Waals surface area (Å²) in [5.74, 6) is 0. The molecule has 2 nitrogen and oxygen atoms in total. The molecule has 0 amide bonds. The van der Waals surface area contributed by atoms with Crippen molar-refractivity contribution in [1.82, 2.24) is 9.62 Å². The molecule has 17 heavy (non-hydrogen) atoms. The van der Waals surface area contributed by atoms with Crippen molar-refractivity contribution in [1.29, 1.82) is 0 Å². The van der Waals surface area contributed by atoms with Crippen molar-refractivity contribution in [2.75, 3.05) is 0 Å². The molecule has 0 spiro atoms. The van der Waals surface area contributed by atoms with Gasteiger partial charge in [0.2, 0.25) is 0 Å². The van der Waals surface area contributed by atoms with Gasteiger partial charge in [-0.15, -0.1) is 0 Å². The van der Waals surface area contributed by atoms with E-state index in [9.17, 15) is 0 Å². The molecule has 1 aliphatic rings. The average molecular weight is 343 g/mol. The minimum absolute atomic E-state index is 0.177. The third kappa shape index (κ3) is 7.27. The van der Waals surface area contributed by atoms with Crippen LogP contribution in [0, 0.1) is 0 Å². The zero-order valence-electron chi connectivity index (χ0n) is 13.1. The van der Waals surface area contributed by atoms with Crippen molar-refractivity contribution in [3.05, 3.63) is 12.4 Å². The Kier molecular flexibility index (Phi) is 6.47. The molecular weight excluding hydrogens is 314 g/mol. The maximum absolute atomic E-state index is 2.36. The van der Waals surface area contributed by atoms with Gasteiger partial charge in [0.05, 0.1) is 0 Å². The predicted octanol–water partition coefficient (Wildman–Crippen LogP) is 3.58. The molecule has 0 bridgehead atoms. The molecule has 0 aliphatic carbocycles. The molecule has 0 fully saturated rings. The molecule has 2 radical (unpaired) electrons. The van der Waals surface area contributed by atoms with E-state index >= 15 is 0 Å². The van der Waals surface area contributed by atoms with Gasteiger partial charge in [-0.25, -0.2) is 0 Å². The van der Waals surface area contributed by atoms with Crippen LogP contribution in [0.2, 0.25) is 14.8 Å². The average Bonchev–Trinajstić information content (AvgIpc) is 2.46. The van der Waals surface area contributed by atoms with E-state index in [0.29, 0.717) is 0 Å². The third-order valence-electron chi connectivity index (χ3n) is 2.19. The molecule has 0 saturated heterocycles. The maximum atomic E-state index is 2.36. The van der Waals surface area contributed by atoms with Crippen LogP contribution in [-0.4, -0.2) is 48.0 Å². The summed E-state index contributed by atoms with van der Waals surface area (Å²) < 4.78 is 0. The predicted molar refractivity (Wildman–Crippen MR) is 81.4 cm³/mol. The van der Waals surface area contributed by atoms with Crippen molar-refractivity contribution in [2.45, 2.75) is 67.4 Å². The van der Waals surface area contributed by atoms with E-state index in [1.54, 1.807) is 0 Å². The van der Waals surface area contributed by atoms with E-state index in [0.717, 1.165) is 0 Å². The standard InChI is InChI=1S/C10H20BN2.3CH3.Sn/c1-9(2,3)12-7-8-13(11-12)10(4,5)6;;;;/h7-8H,1-6H3;3*1H3;. The molecule has 0 N–H and O–H groups in total. The van der Waals surface area contributed by atoms with Gasteiger partial charge in [-0.1, -0.05) is 0 Å². The fourth-order valence-corrected chi connectivity index (χ4v) is 1.15. The number of rotatable bonds is 0. The van der Waals surface area contributed by atoms with Crippen LogP contribution in [0.3, 0.4) is 0 Å². The SMILES string of the molecule is CC(C)(C)N1[B]N(C(C)(C)C)C=C1.[CH3][Sn]([CH3])[CH3]. The van der Waals surface area contributed by atoms with Crippen LogP contribution in [0.5, 0.6) is 0 Å². The van der Waals surface area contributed by atoms with Crippen LogP contribution in [0.1, 0.15) is 41.5 Å². The molecular formula is C13H29BN2Sn. The Balaban J connectivity index is 0.000000557. The Morgan fingerprint density at radius 3 is 1.12 bits per heavy atom. The van der Waals surface area contributed by atoms with Gasteiger partial charge in [-0.2, -0.15) is 0 Å². The first-order valence-electron chi connectivity index (χ1n) is 6.31. The minimum atomic E-state index is -0.543. The Morgan fingerprint density at radius 1 is 0.765 bits per heavy atom. The molecule has 0 saturated carbocycles. The molecule has 1 aliphatic heterocycles. The van der Waals surface area contributed by atoms with E-state index in [1.807, 2.05) is 0 Å². The zero-order valence-corrected chi connectivity index (χ0v) is 16.0. The van der Waals surface area contributed by atoms with Gasteiger partial charge in [0.15, 0.2) is 0 Å². The van der Waals surface area contributed by atoms with Crippen molar-refractivity contribution in [3.63, 3.8) is 0 Å². The van der Waals surface area contributed by atoms with Crippen molar-refractivity contribution in [2.24, 2.45) is 0 Å². The van der Waals surface area contributed by atoms with Crippen LogP contribution in [-0.2, 0) is 0 Å². The molecule has 1 rings (SSSR count). The summed E-state index contributed by atoms with van der Waals surface area (Å²) in [6.45, 7) is 13.3. The Morgan fingerprint density at radius 2 is 1.00 bits per heavy atom. The second-order valence-electron chi connectivity index (χ2n) is 7.07. The summed E-state index contributed by atoms with van der Waals surface area (Å²) in [5.41, 5.74) is 0.354. The second kappa shape index (κ2) is 6.39. The number of hydrogen-bond donors (Lipinski definition) is 0. The molecule has 4 heteroatoms. The normalized spacial score (nSPS) is 15.9. The first-order valence-corrected chi connectivity index (χ1v) is 14.9. The van der Waals surface area contributed by atoms with Gasteiger partial charge >= 0.3 is 42.1 Å². The monoisotopic (exact) mass is 344 g/mol. The van der Waals surface area contributed by atoms with Gasteiger partial charge in [0.1, 0.15) is 0 Å². The summed E-state index contributed by atoms with van der Waals surface area (Å²) in [7, 11) is 2.17. The van der Waals surface area contributed by atoms with E-state index in [4.69, 9.17) is 0 Å². The van der Waals surface area contributed by atoms with Crippen LogP contribution < -0.4 is 0 Å². The Labute approximate surface area is 116 Å². The molecule has 0 aromatic rings. The van der Waals surface area contributed by atoms with Crippen LogP contribution in [0.4, 0.5) is 0 Å². The molecule has 98 valence electrons. The summed E-state index contributed by atoms with van der Waals surface area (Å²) in [5, 5.41) is 0. The van der Waals surface area contributed by atoms with Gasteiger partial charge in [-0.3, -0.25) is 0 Å². The van der Waals surface area contributed by atoms with Gasteiger partial charge < -0.3 is 9.62 Å². The fourth-order valence-electron chi connectivity index (χ4n) is 1.15.